The fraction of sp³-hybridized carbons (Fsp3) is 0.207. The minimum atomic E-state index is -0.144. The van der Waals surface area contributed by atoms with E-state index in [-0.39, 0.29) is 18.0 Å². The lowest BCUT2D eigenvalue weighted by atomic mass is 10.0. The van der Waals surface area contributed by atoms with Crippen LogP contribution < -0.4 is 10.6 Å². The number of hydrogen-bond acceptors (Lipinski definition) is 3. The van der Waals surface area contributed by atoms with E-state index in [9.17, 15) is 4.79 Å². The van der Waals surface area contributed by atoms with Gasteiger partial charge >= 0.3 is 0 Å². The number of anilines is 1. The van der Waals surface area contributed by atoms with Crippen LogP contribution in [0.2, 0.25) is 0 Å². The maximum atomic E-state index is 12.9. The molecule has 7 heteroatoms. The molecule has 2 N–H and O–H groups in total. The normalized spacial score (nSPS) is 17.2. The van der Waals surface area contributed by atoms with Crippen LogP contribution >= 0.6 is 12.2 Å². The number of aryl methyl sites for hydroxylation is 2. The van der Waals surface area contributed by atoms with E-state index in [2.05, 4.69) is 56.3 Å². The Kier molecular flexibility index (Phi) is 6.82. The second kappa shape index (κ2) is 10.3. The zero-order valence-electron chi connectivity index (χ0n) is 20.4. The predicted octanol–water partition coefficient (Wildman–Crippen LogP) is 5.49. The molecule has 1 fully saturated rings. The third-order valence-electron chi connectivity index (χ3n) is 6.62. The number of carbonyl (C=O) groups is 1. The topological polar surface area (TPSA) is 62.2 Å². The van der Waals surface area contributed by atoms with Gasteiger partial charge in [-0.1, -0.05) is 42.5 Å². The highest BCUT2D eigenvalue weighted by atomic mass is 32.1. The molecule has 0 bridgehead atoms. The number of rotatable bonds is 7. The molecule has 1 aliphatic heterocycles. The summed E-state index contributed by atoms with van der Waals surface area (Å²) in [6, 6.07) is 28.0. The van der Waals surface area contributed by atoms with Gasteiger partial charge in [0.2, 0.25) is 5.91 Å². The summed E-state index contributed by atoms with van der Waals surface area (Å²) in [4.78, 5) is 19.7. The highest BCUT2D eigenvalue weighted by Crippen LogP contribution is 2.40. The zero-order chi connectivity index (χ0) is 25.1. The first kappa shape index (κ1) is 23.8. The first-order valence-corrected chi connectivity index (χ1v) is 12.5. The van der Waals surface area contributed by atoms with Crippen LogP contribution in [-0.2, 0) is 4.79 Å². The Balaban J connectivity index is 1.47. The van der Waals surface area contributed by atoms with Gasteiger partial charge in [0.15, 0.2) is 5.11 Å². The van der Waals surface area contributed by atoms with E-state index in [4.69, 9.17) is 12.2 Å². The molecular formula is C29H29N5OS. The molecule has 5 rings (SSSR count). The number of carbonyl (C=O) groups excluding carboxylic acids is 1. The fourth-order valence-electron chi connectivity index (χ4n) is 4.83. The molecule has 36 heavy (non-hydrogen) atoms. The molecule has 4 aromatic rings. The van der Waals surface area contributed by atoms with Crippen LogP contribution in [-0.4, -0.2) is 32.0 Å². The van der Waals surface area contributed by atoms with Gasteiger partial charge in [0.1, 0.15) is 0 Å². The number of hydrogen-bond donors (Lipinski definition) is 2. The summed E-state index contributed by atoms with van der Waals surface area (Å²) in [7, 11) is 0. The van der Waals surface area contributed by atoms with Crippen molar-refractivity contribution in [3.05, 3.63) is 114 Å². The smallest absolute Gasteiger partial charge is 0.226 e. The number of nitrogens with one attached hydrogen (secondary N) is 2. The van der Waals surface area contributed by atoms with E-state index in [1.54, 1.807) is 6.20 Å². The standard InChI is InChI=1S/C29H29N5OS/c1-20-10-6-7-13-23(20)31-26(35)17-19-33-28(27(32-29(33)36)24-14-8-9-18-30-24)25-16-15-21(2)34(25)22-11-4-3-5-12-22/h3-16,18,27-28H,17,19H2,1-2H3,(H,31,35)(H,32,36)/t27-,28-/m0/s1. The van der Waals surface area contributed by atoms with E-state index >= 15 is 0 Å². The minimum absolute atomic E-state index is 0.0400. The Morgan fingerprint density at radius 2 is 1.72 bits per heavy atom. The lowest BCUT2D eigenvalue weighted by molar-refractivity contribution is -0.116. The monoisotopic (exact) mass is 495 g/mol. The van der Waals surface area contributed by atoms with Gasteiger partial charge in [-0.05, 0) is 74.1 Å². The van der Waals surface area contributed by atoms with Gasteiger partial charge in [-0.2, -0.15) is 0 Å². The molecule has 2 aromatic carbocycles. The van der Waals surface area contributed by atoms with Crippen molar-refractivity contribution < 1.29 is 4.79 Å². The van der Waals surface area contributed by atoms with Crippen molar-refractivity contribution in [2.24, 2.45) is 0 Å². The lowest BCUT2D eigenvalue weighted by Gasteiger charge is -2.29. The molecule has 0 unspecified atom stereocenters. The van der Waals surface area contributed by atoms with Crippen LogP contribution in [0.5, 0.6) is 0 Å². The molecule has 3 heterocycles. The van der Waals surface area contributed by atoms with Crippen molar-refractivity contribution in [3.8, 4) is 5.69 Å². The van der Waals surface area contributed by atoms with Gasteiger partial charge in [-0.15, -0.1) is 0 Å². The first-order valence-electron chi connectivity index (χ1n) is 12.1. The lowest BCUT2D eigenvalue weighted by Crippen LogP contribution is -2.33. The quantitative estimate of drug-likeness (QED) is 0.332. The van der Waals surface area contributed by atoms with Crippen LogP contribution in [0.4, 0.5) is 5.69 Å². The molecule has 2 aromatic heterocycles. The Hall–Kier alpha value is -3.97. The second-order valence-electron chi connectivity index (χ2n) is 9.00. The summed E-state index contributed by atoms with van der Waals surface area (Å²) < 4.78 is 2.26. The number of pyridine rings is 1. The maximum absolute atomic E-state index is 12.9. The molecule has 0 aliphatic carbocycles. The van der Waals surface area contributed by atoms with Crippen molar-refractivity contribution in [1.29, 1.82) is 0 Å². The van der Waals surface area contributed by atoms with Gasteiger partial charge in [0.05, 0.1) is 17.8 Å². The largest absolute Gasteiger partial charge is 0.352 e. The molecule has 1 amide bonds. The van der Waals surface area contributed by atoms with Crippen molar-refractivity contribution in [3.63, 3.8) is 0 Å². The van der Waals surface area contributed by atoms with E-state index < -0.39 is 0 Å². The second-order valence-corrected chi connectivity index (χ2v) is 9.39. The highest BCUT2D eigenvalue weighted by Gasteiger charge is 2.41. The molecular weight excluding hydrogens is 466 g/mol. The average Bonchev–Trinajstić information content (AvgIpc) is 3.44. The Morgan fingerprint density at radius 1 is 0.972 bits per heavy atom. The summed E-state index contributed by atoms with van der Waals surface area (Å²) in [5, 5.41) is 7.15. The van der Waals surface area contributed by atoms with Gasteiger partial charge in [-0.3, -0.25) is 9.78 Å². The molecule has 2 atom stereocenters. The van der Waals surface area contributed by atoms with Crippen molar-refractivity contribution in [2.75, 3.05) is 11.9 Å². The van der Waals surface area contributed by atoms with Gasteiger partial charge in [-0.25, -0.2) is 0 Å². The zero-order valence-corrected chi connectivity index (χ0v) is 21.2. The van der Waals surface area contributed by atoms with Gasteiger partial charge in [0, 0.05) is 41.9 Å². The van der Waals surface area contributed by atoms with E-state index in [0.717, 1.165) is 34.0 Å². The molecule has 6 nitrogen and oxygen atoms in total. The van der Waals surface area contributed by atoms with Crippen LogP contribution in [0.15, 0.2) is 91.1 Å². The molecule has 1 saturated heterocycles. The maximum Gasteiger partial charge on any atom is 0.226 e. The average molecular weight is 496 g/mol. The van der Waals surface area contributed by atoms with Crippen molar-refractivity contribution in [2.45, 2.75) is 32.4 Å². The molecule has 0 saturated carbocycles. The predicted molar refractivity (Wildman–Crippen MR) is 147 cm³/mol. The molecule has 0 radical (unpaired) electrons. The Labute approximate surface area is 217 Å². The summed E-state index contributed by atoms with van der Waals surface area (Å²) in [5.41, 5.74) is 6.10. The number of para-hydroxylation sites is 2. The Bertz CT molecular complexity index is 1370. The van der Waals surface area contributed by atoms with Gasteiger partial charge in [0.25, 0.3) is 0 Å². The van der Waals surface area contributed by atoms with E-state index in [1.165, 1.54) is 0 Å². The number of benzene rings is 2. The van der Waals surface area contributed by atoms with Crippen LogP contribution in [0.1, 0.15) is 41.1 Å². The number of thiocarbonyl (C=S) groups is 1. The number of aromatic nitrogens is 2. The van der Waals surface area contributed by atoms with E-state index in [1.807, 2.05) is 67.6 Å². The third-order valence-corrected chi connectivity index (χ3v) is 6.97. The number of amides is 1. The fourth-order valence-corrected chi connectivity index (χ4v) is 5.17. The summed E-state index contributed by atoms with van der Waals surface area (Å²) >= 11 is 5.81. The van der Waals surface area contributed by atoms with Crippen LogP contribution in [0.3, 0.4) is 0 Å². The summed E-state index contributed by atoms with van der Waals surface area (Å²) in [6.07, 6.45) is 2.11. The summed E-state index contributed by atoms with van der Waals surface area (Å²) in [5.74, 6) is -0.0400. The molecule has 182 valence electrons. The van der Waals surface area contributed by atoms with Crippen LogP contribution in [0.25, 0.3) is 5.69 Å². The third kappa shape index (κ3) is 4.75. The van der Waals surface area contributed by atoms with Crippen molar-refractivity contribution in [1.82, 2.24) is 19.8 Å². The highest BCUT2D eigenvalue weighted by molar-refractivity contribution is 7.80. The van der Waals surface area contributed by atoms with Crippen molar-refractivity contribution >= 4 is 28.9 Å². The van der Waals surface area contributed by atoms with E-state index in [0.29, 0.717) is 18.1 Å². The molecule has 0 spiro atoms. The first-order chi connectivity index (χ1) is 17.5. The Morgan fingerprint density at radius 3 is 2.47 bits per heavy atom. The number of nitrogens with zero attached hydrogens (tertiary/aromatic N) is 3. The molecule has 1 aliphatic rings. The van der Waals surface area contributed by atoms with Gasteiger partial charge < -0.3 is 20.1 Å². The summed E-state index contributed by atoms with van der Waals surface area (Å²) in [6.45, 7) is 4.58. The SMILES string of the molecule is Cc1ccccc1NC(=O)CCN1C(=S)N[C@@H](c2ccccn2)[C@@H]1c1ccc(C)n1-c1ccccc1. The minimum Gasteiger partial charge on any atom is -0.352 e. The van der Waals surface area contributed by atoms with Crippen LogP contribution in [0, 0.1) is 13.8 Å².